The van der Waals surface area contributed by atoms with Crippen LogP contribution in [0.3, 0.4) is 0 Å². The van der Waals surface area contributed by atoms with Crippen molar-refractivity contribution in [3.8, 4) is 0 Å². The quantitative estimate of drug-likeness (QED) is 0.745. The highest BCUT2D eigenvalue weighted by molar-refractivity contribution is 5.23. The molecule has 1 aliphatic rings. The van der Waals surface area contributed by atoms with Crippen molar-refractivity contribution in [3.05, 3.63) is 35.1 Å². The average molecular weight is 285 g/mol. The fourth-order valence-electron chi connectivity index (χ4n) is 3.01. The third-order valence-corrected chi connectivity index (χ3v) is 4.09. The number of halogens is 3. The van der Waals surface area contributed by atoms with Crippen molar-refractivity contribution >= 4 is 0 Å². The van der Waals surface area contributed by atoms with Crippen molar-refractivity contribution in [2.45, 2.75) is 51.5 Å². The molecule has 0 amide bonds. The monoisotopic (exact) mass is 285 g/mol. The lowest BCUT2D eigenvalue weighted by Gasteiger charge is -2.22. The van der Waals surface area contributed by atoms with E-state index in [9.17, 15) is 13.2 Å². The molecule has 1 aliphatic carbocycles. The molecule has 4 heteroatoms. The Morgan fingerprint density at radius 2 is 1.75 bits per heavy atom. The van der Waals surface area contributed by atoms with Crippen LogP contribution in [-0.4, -0.2) is 6.54 Å². The highest BCUT2D eigenvalue weighted by atomic mass is 19.2. The molecule has 0 heterocycles. The van der Waals surface area contributed by atoms with Crippen LogP contribution in [0.4, 0.5) is 13.2 Å². The lowest BCUT2D eigenvalue weighted by Crippen LogP contribution is -2.24. The van der Waals surface area contributed by atoms with Crippen LogP contribution in [0.2, 0.25) is 0 Å². The van der Waals surface area contributed by atoms with Crippen molar-refractivity contribution in [2.75, 3.05) is 6.54 Å². The smallest absolute Gasteiger partial charge is 0.194 e. The van der Waals surface area contributed by atoms with Crippen molar-refractivity contribution in [2.24, 2.45) is 5.92 Å². The third kappa shape index (κ3) is 3.75. The summed E-state index contributed by atoms with van der Waals surface area (Å²) in [6, 6.07) is 2.16. The lowest BCUT2D eigenvalue weighted by molar-refractivity contribution is 0.387. The summed E-state index contributed by atoms with van der Waals surface area (Å²) in [4.78, 5) is 0. The van der Waals surface area contributed by atoms with E-state index in [4.69, 9.17) is 0 Å². The Bertz CT molecular complexity index is 418. The number of hydrogen-bond donors (Lipinski definition) is 1. The van der Waals surface area contributed by atoms with Crippen molar-refractivity contribution < 1.29 is 13.2 Å². The standard InChI is InChI=1S/C16H22F3N/c1-2-7-20-15(8-11-5-3-4-6-11)12-9-13(17)16(19)14(18)10-12/h9-11,15,20H,2-8H2,1H3. The van der Waals surface area contributed by atoms with E-state index < -0.39 is 17.5 Å². The van der Waals surface area contributed by atoms with Gasteiger partial charge in [-0.05, 0) is 43.0 Å². The molecule has 1 unspecified atom stereocenters. The van der Waals surface area contributed by atoms with Gasteiger partial charge in [0.1, 0.15) is 0 Å². The zero-order valence-corrected chi connectivity index (χ0v) is 11.9. The Morgan fingerprint density at radius 3 is 2.30 bits per heavy atom. The fourth-order valence-corrected chi connectivity index (χ4v) is 3.01. The molecule has 1 N–H and O–H groups in total. The molecular formula is C16H22F3N. The number of hydrogen-bond acceptors (Lipinski definition) is 1. The fraction of sp³-hybridized carbons (Fsp3) is 0.625. The molecule has 1 aromatic carbocycles. The molecule has 1 atom stereocenters. The van der Waals surface area contributed by atoms with Gasteiger partial charge in [0.25, 0.3) is 0 Å². The predicted molar refractivity (Wildman–Crippen MR) is 73.9 cm³/mol. The first kappa shape index (κ1) is 15.4. The summed E-state index contributed by atoms with van der Waals surface area (Å²) < 4.78 is 39.8. The van der Waals surface area contributed by atoms with E-state index in [1.807, 2.05) is 6.92 Å². The third-order valence-electron chi connectivity index (χ3n) is 4.09. The summed E-state index contributed by atoms with van der Waals surface area (Å²) in [5, 5.41) is 3.33. The molecule has 1 aromatic rings. The number of rotatable bonds is 6. The van der Waals surface area contributed by atoms with E-state index in [1.165, 1.54) is 25.7 Å². The van der Waals surface area contributed by atoms with Crippen LogP contribution in [0.25, 0.3) is 0 Å². The van der Waals surface area contributed by atoms with Gasteiger partial charge in [0.2, 0.25) is 0 Å². The summed E-state index contributed by atoms with van der Waals surface area (Å²) in [5.74, 6) is -2.99. The van der Waals surface area contributed by atoms with Gasteiger partial charge < -0.3 is 5.32 Å². The largest absolute Gasteiger partial charge is 0.310 e. The van der Waals surface area contributed by atoms with Gasteiger partial charge in [0.15, 0.2) is 17.5 Å². The second-order valence-electron chi connectivity index (χ2n) is 5.69. The lowest BCUT2D eigenvalue weighted by atomic mass is 9.93. The Kier molecular flexibility index (Phi) is 5.46. The molecule has 0 aliphatic heterocycles. The van der Waals surface area contributed by atoms with E-state index >= 15 is 0 Å². The topological polar surface area (TPSA) is 12.0 Å². The SMILES string of the molecule is CCCNC(CC1CCCC1)c1cc(F)c(F)c(F)c1. The van der Waals surface area contributed by atoms with E-state index in [2.05, 4.69) is 5.32 Å². The Balaban J connectivity index is 2.16. The second-order valence-corrected chi connectivity index (χ2v) is 5.69. The predicted octanol–water partition coefficient (Wildman–Crippen LogP) is 4.72. The zero-order chi connectivity index (χ0) is 14.5. The molecule has 2 rings (SSSR count). The molecule has 112 valence electrons. The van der Waals surface area contributed by atoms with Crippen LogP contribution < -0.4 is 5.32 Å². The van der Waals surface area contributed by atoms with Crippen LogP contribution in [0, 0.1) is 23.4 Å². The van der Waals surface area contributed by atoms with E-state index in [1.54, 1.807) is 0 Å². The minimum absolute atomic E-state index is 0.0948. The summed E-state index contributed by atoms with van der Waals surface area (Å²) in [5.41, 5.74) is 0.516. The maximum atomic E-state index is 13.4. The van der Waals surface area contributed by atoms with Gasteiger partial charge in [-0.1, -0.05) is 32.6 Å². The van der Waals surface area contributed by atoms with Crippen molar-refractivity contribution in [3.63, 3.8) is 0 Å². The van der Waals surface area contributed by atoms with Crippen molar-refractivity contribution in [1.29, 1.82) is 0 Å². The summed E-state index contributed by atoms with van der Waals surface area (Å²) in [6.45, 7) is 2.84. The maximum Gasteiger partial charge on any atom is 0.194 e. The summed E-state index contributed by atoms with van der Waals surface area (Å²) in [6.07, 6.45) is 6.64. The normalized spacial score (nSPS) is 17.6. The molecular weight excluding hydrogens is 263 g/mol. The number of nitrogens with one attached hydrogen (secondary N) is 1. The van der Waals surface area contributed by atoms with Crippen LogP contribution in [-0.2, 0) is 0 Å². The first-order valence-corrected chi connectivity index (χ1v) is 7.49. The van der Waals surface area contributed by atoms with Crippen LogP contribution in [0.5, 0.6) is 0 Å². The molecule has 0 bridgehead atoms. The first-order valence-electron chi connectivity index (χ1n) is 7.49. The molecule has 1 fully saturated rings. The highest BCUT2D eigenvalue weighted by Gasteiger charge is 2.23. The summed E-state index contributed by atoms with van der Waals surface area (Å²) in [7, 11) is 0. The molecule has 0 saturated heterocycles. The Hall–Kier alpha value is -1.03. The molecule has 0 aromatic heterocycles. The van der Waals surface area contributed by atoms with Gasteiger partial charge in [0.05, 0.1) is 0 Å². The van der Waals surface area contributed by atoms with Gasteiger partial charge in [0, 0.05) is 6.04 Å². The van der Waals surface area contributed by atoms with E-state index in [-0.39, 0.29) is 6.04 Å². The first-order chi connectivity index (χ1) is 9.61. The molecule has 20 heavy (non-hydrogen) atoms. The van der Waals surface area contributed by atoms with Gasteiger partial charge in [-0.15, -0.1) is 0 Å². The number of benzene rings is 1. The molecule has 1 nitrogen and oxygen atoms in total. The second kappa shape index (κ2) is 7.11. The van der Waals surface area contributed by atoms with Gasteiger partial charge in [-0.25, -0.2) is 13.2 Å². The van der Waals surface area contributed by atoms with E-state index in [0.717, 1.165) is 31.5 Å². The Labute approximate surface area is 118 Å². The summed E-state index contributed by atoms with van der Waals surface area (Å²) >= 11 is 0. The zero-order valence-electron chi connectivity index (χ0n) is 11.9. The minimum Gasteiger partial charge on any atom is -0.310 e. The molecule has 0 radical (unpaired) electrons. The van der Waals surface area contributed by atoms with Crippen LogP contribution in [0.15, 0.2) is 12.1 Å². The Morgan fingerprint density at radius 1 is 1.15 bits per heavy atom. The average Bonchev–Trinajstić information content (AvgIpc) is 2.93. The maximum absolute atomic E-state index is 13.4. The van der Waals surface area contributed by atoms with E-state index in [0.29, 0.717) is 11.5 Å². The van der Waals surface area contributed by atoms with Gasteiger partial charge >= 0.3 is 0 Å². The van der Waals surface area contributed by atoms with Crippen molar-refractivity contribution in [1.82, 2.24) is 5.32 Å². The molecule has 0 spiro atoms. The van der Waals surface area contributed by atoms with Crippen LogP contribution >= 0.6 is 0 Å². The highest BCUT2D eigenvalue weighted by Crippen LogP contribution is 2.33. The van der Waals surface area contributed by atoms with Gasteiger partial charge in [-0.2, -0.15) is 0 Å². The van der Waals surface area contributed by atoms with Gasteiger partial charge in [-0.3, -0.25) is 0 Å². The minimum atomic E-state index is -1.39. The van der Waals surface area contributed by atoms with Crippen LogP contribution in [0.1, 0.15) is 57.1 Å². The molecule has 1 saturated carbocycles.